The fraction of sp³-hybridized carbons (Fsp3) is 0.538. The number of fused-ring (bicyclic) bond motifs is 1. The van der Waals surface area contributed by atoms with Crippen molar-refractivity contribution in [3.05, 3.63) is 58.5 Å². The molecule has 0 saturated carbocycles. The van der Waals surface area contributed by atoms with Gasteiger partial charge in [-0.05, 0) is 49.4 Å². The number of pyridine rings is 1. The standard InChI is InChI=1S/C26H32ClFN4O3/c1-14-15(2)30-25-24(19-5-4-18(27)12-20(19)28)31-21(13-32(25)26(14)33)16-7-9-35-22(10-16)17-6-8-29-23(11-17)34-3/h4-6,8,11-12,14-16,21-22,24-25,30-31H,7,9-10,13H2,1-3H3. The van der Waals surface area contributed by atoms with Gasteiger partial charge in [-0.1, -0.05) is 24.6 Å². The molecule has 4 heterocycles. The molecule has 7 atom stereocenters. The number of hydrogen-bond acceptors (Lipinski definition) is 6. The fourth-order valence-electron chi connectivity index (χ4n) is 5.64. The van der Waals surface area contributed by atoms with Crippen LogP contribution in [-0.4, -0.2) is 54.3 Å². The second kappa shape index (κ2) is 10.0. The highest BCUT2D eigenvalue weighted by Gasteiger charge is 2.47. The largest absolute Gasteiger partial charge is 0.481 e. The Hall–Kier alpha value is -2.26. The number of aromatic nitrogens is 1. The van der Waals surface area contributed by atoms with E-state index in [1.54, 1.807) is 25.4 Å². The zero-order chi connectivity index (χ0) is 24.7. The van der Waals surface area contributed by atoms with Crippen molar-refractivity contribution in [3.8, 4) is 5.88 Å². The number of nitrogens with one attached hydrogen (secondary N) is 2. The van der Waals surface area contributed by atoms with Crippen molar-refractivity contribution in [2.45, 2.75) is 57.1 Å². The molecule has 0 spiro atoms. The Morgan fingerprint density at radius 3 is 2.83 bits per heavy atom. The molecule has 1 amide bonds. The Morgan fingerprint density at radius 1 is 1.23 bits per heavy atom. The first-order valence-corrected chi connectivity index (χ1v) is 12.6. The molecule has 0 aliphatic carbocycles. The average Bonchev–Trinajstić information content (AvgIpc) is 2.87. The number of rotatable bonds is 4. The van der Waals surface area contributed by atoms with Crippen LogP contribution in [0.15, 0.2) is 36.5 Å². The number of halogens is 2. The van der Waals surface area contributed by atoms with Gasteiger partial charge >= 0.3 is 0 Å². The minimum absolute atomic E-state index is 0.00547. The van der Waals surface area contributed by atoms with Gasteiger partial charge in [-0.3, -0.25) is 10.1 Å². The van der Waals surface area contributed by atoms with Gasteiger partial charge in [-0.25, -0.2) is 9.37 Å². The van der Waals surface area contributed by atoms with Crippen molar-refractivity contribution in [2.24, 2.45) is 11.8 Å². The number of carbonyl (C=O) groups is 1. The summed E-state index contributed by atoms with van der Waals surface area (Å²) in [6.45, 7) is 5.14. The van der Waals surface area contributed by atoms with E-state index in [0.29, 0.717) is 29.6 Å². The maximum absolute atomic E-state index is 15.1. The molecule has 3 aliphatic rings. The van der Waals surface area contributed by atoms with Crippen LogP contribution in [0.3, 0.4) is 0 Å². The van der Waals surface area contributed by atoms with Crippen LogP contribution in [-0.2, 0) is 9.53 Å². The second-order valence-electron chi connectivity index (χ2n) is 9.87. The lowest BCUT2D eigenvalue weighted by molar-refractivity contribution is -0.149. The highest BCUT2D eigenvalue weighted by molar-refractivity contribution is 6.30. The number of benzene rings is 1. The van der Waals surface area contributed by atoms with E-state index >= 15 is 4.39 Å². The molecule has 188 valence electrons. The number of hydrogen-bond donors (Lipinski definition) is 2. The first-order valence-electron chi connectivity index (χ1n) is 12.2. The normalized spacial score (nSPS) is 33.3. The second-order valence-corrected chi connectivity index (χ2v) is 10.3. The molecule has 2 N–H and O–H groups in total. The molecule has 35 heavy (non-hydrogen) atoms. The van der Waals surface area contributed by atoms with E-state index in [0.717, 1.165) is 18.4 Å². The van der Waals surface area contributed by atoms with Gasteiger partial charge in [-0.2, -0.15) is 0 Å². The van der Waals surface area contributed by atoms with E-state index in [-0.39, 0.29) is 47.9 Å². The molecular weight excluding hydrogens is 471 g/mol. The van der Waals surface area contributed by atoms with Gasteiger partial charge in [-0.15, -0.1) is 0 Å². The van der Waals surface area contributed by atoms with E-state index in [1.807, 2.05) is 30.9 Å². The van der Waals surface area contributed by atoms with Crippen molar-refractivity contribution in [3.63, 3.8) is 0 Å². The highest BCUT2D eigenvalue weighted by atomic mass is 35.5. The SMILES string of the molecule is COc1cc(C2CC(C3CN4C(=O)C(C)C(C)NC4C(c4ccc(Cl)cc4F)N3)CCO2)ccn1. The van der Waals surface area contributed by atoms with Gasteiger partial charge in [0, 0.05) is 48.1 Å². The van der Waals surface area contributed by atoms with Crippen LogP contribution >= 0.6 is 11.6 Å². The van der Waals surface area contributed by atoms with Crippen LogP contribution in [0.25, 0.3) is 0 Å². The lowest BCUT2D eigenvalue weighted by Gasteiger charge is -2.53. The Bertz CT molecular complexity index is 1090. The van der Waals surface area contributed by atoms with Gasteiger partial charge in [0.2, 0.25) is 11.8 Å². The fourth-order valence-corrected chi connectivity index (χ4v) is 5.80. The Morgan fingerprint density at radius 2 is 2.06 bits per heavy atom. The molecule has 1 aromatic carbocycles. The molecular formula is C26H32ClFN4O3. The van der Waals surface area contributed by atoms with E-state index in [4.69, 9.17) is 21.1 Å². The van der Waals surface area contributed by atoms with Crippen molar-refractivity contribution in [1.29, 1.82) is 0 Å². The van der Waals surface area contributed by atoms with Crippen LogP contribution < -0.4 is 15.4 Å². The molecule has 1 aromatic heterocycles. The summed E-state index contributed by atoms with van der Waals surface area (Å²) in [6, 6.07) is 8.21. The maximum atomic E-state index is 15.1. The molecule has 0 radical (unpaired) electrons. The maximum Gasteiger partial charge on any atom is 0.228 e. The summed E-state index contributed by atoms with van der Waals surface area (Å²) in [5.74, 6) is 0.388. The predicted molar refractivity (Wildman–Crippen MR) is 131 cm³/mol. The minimum Gasteiger partial charge on any atom is -0.481 e. The smallest absolute Gasteiger partial charge is 0.228 e. The monoisotopic (exact) mass is 502 g/mol. The number of amides is 1. The van der Waals surface area contributed by atoms with Gasteiger partial charge in [0.05, 0.1) is 25.2 Å². The van der Waals surface area contributed by atoms with E-state index in [9.17, 15) is 4.79 Å². The molecule has 5 rings (SSSR count). The van der Waals surface area contributed by atoms with Gasteiger partial charge in [0.25, 0.3) is 0 Å². The van der Waals surface area contributed by atoms with Crippen molar-refractivity contribution >= 4 is 17.5 Å². The van der Waals surface area contributed by atoms with Crippen LogP contribution in [0.5, 0.6) is 5.88 Å². The number of methoxy groups -OCH3 is 1. The number of nitrogens with zero attached hydrogens (tertiary/aromatic N) is 2. The number of carbonyl (C=O) groups excluding carboxylic acids is 1. The number of piperazine rings is 1. The predicted octanol–water partition coefficient (Wildman–Crippen LogP) is 3.85. The average molecular weight is 503 g/mol. The minimum atomic E-state index is -0.396. The third-order valence-electron chi connectivity index (χ3n) is 7.83. The zero-order valence-corrected chi connectivity index (χ0v) is 21.0. The summed E-state index contributed by atoms with van der Waals surface area (Å²) in [4.78, 5) is 19.5. The summed E-state index contributed by atoms with van der Waals surface area (Å²) in [5.41, 5.74) is 1.53. The van der Waals surface area contributed by atoms with Crippen LogP contribution in [0.4, 0.5) is 4.39 Å². The van der Waals surface area contributed by atoms with Crippen molar-refractivity contribution in [2.75, 3.05) is 20.3 Å². The van der Waals surface area contributed by atoms with Crippen molar-refractivity contribution < 1.29 is 18.7 Å². The Kier molecular flexibility index (Phi) is 6.99. The topological polar surface area (TPSA) is 75.7 Å². The van der Waals surface area contributed by atoms with Crippen molar-refractivity contribution in [1.82, 2.24) is 20.5 Å². The van der Waals surface area contributed by atoms with Gasteiger partial charge < -0.3 is 19.7 Å². The summed E-state index contributed by atoms with van der Waals surface area (Å²) in [5, 5.41) is 7.63. The molecule has 9 heteroatoms. The van der Waals surface area contributed by atoms with E-state index in [1.165, 1.54) is 6.07 Å². The lowest BCUT2D eigenvalue weighted by Crippen LogP contribution is -2.71. The summed E-state index contributed by atoms with van der Waals surface area (Å²) in [7, 11) is 1.60. The Balaban J connectivity index is 1.43. The third kappa shape index (κ3) is 4.77. The Labute approximate surface area is 210 Å². The lowest BCUT2D eigenvalue weighted by atomic mass is 9.82. The quantitative estimate of drug-likeness (QED) is 0.661. The first-order chi connectivity index (χ1) is 16.9. The molecule has 2 aromatic rings. The van der Waals surface area contributed by atoms with Gasteiger partial charge in [0.15, 0.2) is 0 Å². The molecule has 0 bridgehead atoms. The van der Waals surface area contributed by atoms with E-state index < -0.39 is 6.04 Å². The molecule has 7 unspecified atom stereocenters. The third-order valence-corrected chi connectivity index (χ3v) is 8.06. The summed E-state index contributed by atoms with van der Waals surface area (Å²) in [6.07, 6.45) is 2.95. The summed E-state index contributed by atoms with van der Waals surface area (Å²) >= 11 is 6.04. The van der Waals surface area contributed by atoms with E-state index in [2.05, 4.69) is 15.6 Å². The highest BCUT2D eigenvalue weighted by Crippen LogP contribution is 2.39. The molecule has 7 nitrogen and oxygen atoms in total. The summed E-state index contributed by atoms with van der Waals surface area (Å²) < 4.78 is 26.5. The molecule has 3 saturated heterocycles. The van der Waals surface area contributed by atoms with Gasteiger partial charge in [0.1, 0.15) is 12.0 Å². The molecule has 3 aliphatic heterocycles. The zero-order valence-electron chi connectivity index (χ0n) is 20.2. The number of ether oxygens (including phenoxy) is 2. The first kappa shape index (κ1) is 24.4. The van der Waals surface area contributed by atoms with Crippen LogP contribution in [0, 0.1) is 17.7 Å². The molecule has 3 fully saturated rings. The van der Waals surface area contributed by atoms with Crippen LogP contribution in [0.1, 0.15) is 50.0 Å². The van der Waals surface area contributed by atoms with Crippen LogP contribution in [0.2, 0.25) is 5.02 Å².